The second-order valence-electron chi connectivity index (χ2n) is 5.13. The Labute approximate surface area is 108 Å². The van der Waals surface area contributed by atoms with Gasteiger partial charge in [-0.05, 0) is 32.1 Å². The van der Waals surface area contributed by atoms with E-state index in [1.54, 1.807) is 0 Å². The highest BCUT2D eigenvalue weighted by molar-refractivity contribution is 5.82. The van der Waals surface area contributed by atoms with E-state index in [1.807, 2.05) is 4.90 Å². The molecule has 2 rings (SSSR count). The van der Waals surface area contributed by atoms with Crippen molar-refractivity contribution in [2.45, 2.75) is 44.6 Å². The average molecular weight is 253 g/mol. The maximum atomic E-state index is 11.8. The van der Waals surface area contributed by atoms with Crippen molar-refractivity contribution in [2.75, 3.05) is 26.2 Å². The van der Waals surface area contributed by atoms with Gasteiger partial charge in [-0.25, -0.2) is 0 Å². The summed E-state index contributed by atoms with van der Waals surface area (Å²) >= 11 is 0. The Morgan fingerprint density at radius 1 is 1.28 bits per heavy atom. The monoisotopic (exact) mass is 253 g/mol. The Balaban J connectivity index is 1.67. The second-order valence-corrected chi connectivity index (χ2v) is 5.13. The summed E-state index contributed by atoms with van der Waals surface area (Å²) in [5, 5.41) is 6.10. The number of carbonyl (C=O) groups excluding carboxylic acids is 2. The van der Waals surface area contributed by atoms with Crippen molar-refractivity contribution in [3.63, 3.8) is 0 Å². The quantitative estimate of drug-likeness (QED) is 0.755. The number of rotatable bonds is 4. The minimum atomic E-state index is -0.112. The summed E-state index contributed by atoms with van der Waals surface area (Å²) in [6.45, 7) is 3.20. The molecule has 0 aromatic heterocycles. The molecule has 5 nitrogen and oxygen atoms in total. The van der Waals surface area contributed by atoms with Crippen LogP contribution in [-0.2, 0) is 9.59 Å². The number of carbonyl (C=O) groups is 2. The lowest BCUT2D eigenvalue weighted by Gasteiger charge is -2.18. The van der Waals surface area contributed by atoms with E-state index >= 15 is 0 Å². The summed E-state index contributed by atoms with van der Waals surface area (Å²) in [7, 11) is 0. The highest BCUT2D eigenvalue weighted by Crippen LogP contribution is 2.09. The maximum absolute atomic E-state index is 11.8. The maximum Gasteiger partial charge on any atom is 0.237 e. The van der Waals surface area contributed by atoms with E-state index < -0.39 is 0 Å². The smallest absolute Gasteiger partial charge is 0.237 e. The lowest BCUT2D eigenvalue weighted by Crippen LogP contribution is -2.44. The molecule has 0 radical (unpaired) electrons. The fourth-order valence-corrected chi connectivity index (χ4v) is 2.61. The van der Waals surface area contributed by atoms with Gasteiger partial charge in [-0.15, -0.1) is 0 Å². The number of nitrogens with one attached hydrogen (secondary N) is 2. The topological polar surface area (TPSA) is 61.4 Å². The van der Waals surface area contributed by atoms with E-state index in [-0.39, 0.29) is 17.9 Å². The number of amides is 2. The highest BCUT2D eigenvalue weighted by Gasteiger charge is 2.21. The molecule has 2 aliphatic heterocycles. The fourth-order valence-electron chi connectivity index (χ4n) is 2.61. The molecule has 0 saturated carbocycles. The number of nitrogens with zero attached hydrogens (tertiary/aromatic N) is 1. The van der Waals surface area contributed by atoms with E-state index in [9.17, 15) is 9.59 Å². The van der Waals surface area contributed by atoms with Crippen LogP contribution in [0.4, 0.5) is 0 Å². The third-order valence-electron chi connectivity index (χ3n) is 3.72. The molecule has 2 heterocycles. The van der Waals surface area contributed by atoms with E-state index in [4.69, 9.17) is 0 Å². The summed E-state index contributed by atoms with van der Waals surface area (Å²) in [4.78, 5) is 25.4. The van der Waals surface area contributed by atoms with Crippen LogP contribution in [0.25, 0.3) is 0 Å². The molecule has 2 fully saturated rings. The van der Waals surface area contributed by atoms with Crippen molar-refractivity contribution in [2.24, 2.45) is 0 Å². The Bertz CT molecular complexity index is 301. The summed E-state index contributed by atoms with van der Waals surface area (Å²) in [5.74, 6) is 0.301. The zero-order valence-electron chi connectivity index (χ0n) is 10.9. The normalized spacial score (nSPS) is 24.8. The van der Waals surface area contributed by atoms with Crippen LogP contribution < -0.4 is 10.6 Å². The molecule has 2 aliphatic rings. The van der Waals surface area contributed by atoms with Crippen LogP contribution in [0.2, 0.25) is 0 Å². The van der Waals surface area contributed by atoms with Crippen molar-refractivity contribution in [1.29, 1.82) is 0 Å². The van der Waals surface area contributed by atoms with E-state index in [2.05, 4.69) is 10.6 Å². The molecule has 0 spiro atoms. The standard InChI is InChI=1S/C13H23N3O2/c17-12(16-9-3-4-10-16)6-8-14-11-5-1-2-7-15-13(11)18/h11,14H,1-10H2,(H,15,18). The van der Waals surface area contributed by atoms with Gasteiger partial charge in [0.2, 0.25) is 11.8 Å². The molecule has 2 N–H and O–H groups in total. The zero-order valence-corrected chi connectivity index (χ0v) is 10.9. The van der Waals surface area contributed by atoms with Crippen LogP contribution in [0.15, 0.2) is 0 Å². The first-order valence-corrected chi connectivity index (χ1v) is 7.06. The molecular weight excluding hydrogens is 230 g/mol. The van der Waals surface area contributed by atoms with Crippen molar-refractivity contribution in [3.05, 3.63) is 0 Å². The molecule has 0 bridgehead atoms. The Morgan fingerprint density at radius 2 is 2.06 bits per heavy atom. The molecule has 1 unspecified atom stereocenters. The SMILES string of the molecule is O=C1NCCCCC1NCCC(=O)N1CCCC1. The van der Waals surface area contributed by atoms with Gasteiger partial charge in [-0.1, -0.05) is 0 Å². The third kappa shape index (κ3) is 3.70. The minimum Gasteiger partial charge on any atom is -0.355 e. The van der Waals surface area contributed by atoms with Gasteiger partial charge in [-0.3, -0.25) is 9.59 Å². The molecule has 102 valence electrons. The molecule has 2 amide bonds. The van der Waals surface area contributed by atoms with Gasteiger partial charge in [0.25, 0.3) is 0 Å². The van der Waals surface area contributed by atoms with Gasteiger partial charge in [-0.2, -0.15) is 0 Å². The summed E-state index contributed by atoms with van der Waals surface area (Å²) in [5.41, 5.74) is 0. The molecule has 1 atom stereocenters. The number of hydrogen-bond donors (Lipinski definition) is 2. The van der Waals surface area contributed by atoms with Crippen molar-refractivity contribution in [3.8, 4) is 0 Å². The summed E-state index contributed by atoms with van der Waals surface area (Å²) < 4.78 is 0. The Hall–Kier alpha value is -1.10. The molecular formula is C13H23N3O2. The van der Waals surface area contributed by atoms with Crippen molar-refractivity contribution in [1.82, 2.24) is 15.5 Å². The number of likely N-dealkylation sites (tertiary alicyclic amines) is 1. The van der Waals surface area contributed by atoms with Crippen LogP contribution in [0.1, 0.15) is 38.5 Å². The third-order valence-corrected chi connectivity index (χ3v) is 3.72. The van der Waals surface area contributed by atoms with Crippen molar-refractivity contribution >= 4 is 11.8 Å². The van der Waals surface area contributed by atoms with Crippen molar-refractivity contribution < 1.29 is 9.59 Å². The lowest BCUT2D eigenvalue weighted by atomic mass is 10.1. The first-order valence-electron chi connectivity index (χ1n) is 7.06. The number of hydrogen-bond acceptors (Lipinski definition) is 3. The van der Waals surface area contributed by atoms with Crippen LogP contribution in [0, 0.1) is 0 Å². The molecule has 2 saturated heterocycles. The van der Waals surface area contributed by atoms with Gasteiger partial charge in [0.15, 0.2) is 0 Å². The largest absolute Gasteiger partial charge is 0.355 e. The predicted octanol–water partition coefficient (Wildman–Crippen LogP) is 0.257. The highest BCUT2D eigenvalue weighted by atomic mass is 16.2. The van der Waals surface area contributed by atoms with Gasteiger partial charge >= 0.3 is 0 Å². The van der Waals surface area contributed by atoms with Crippen LogP contribution in [0.3, 0.4) is 0 Å². The summed E-state index contributed by atoms with van der Waals surface area (Å²) in [6.07, 6.45) is 5.76. The van der Waals surface area contributed by atoms with Crippen LogP contribution >= 0.6 is 0 Å². The lowest BCUT2D eigenvalue weighted by molar-refractivity contribution is -0.130. The first kappa shape index (κ1) is 13.3. The molecule has 0 aliphatic carbocycles. The van der Waals surface area contributed by atoms with E-state index in [1.165, 1.54) is 0 Å². The molecule has 5 heteroatoms. The minimum absolute atomic E-state index is 0.0844. The average Bonchev–Trinajstić information content (AvgIpc) is 2.82. The second kappa shape index (κ2) is 6.73. The summed E-state index contributed by atoms with van der Waals surface area (Å²) in [6, 6.07) is -0.112. The predicted molar refractivity (Wildman–Crippen MR) is 69.1 cm³/mol. The zero-order chi connectivity index (χ0) is 12.8. The van der Waals surface area contributed by atoms with Gasteiger partial charge in [0.05, 0.1) is 6.04 Å². The molecule has 0 aromatic rings. The van der Waals surface area contributed by atoms with Gasteiger partial charge < -0.3 is 15.5 Å². The van der Waals surface area contributed by atoms with Crippen LogP contribution in [0.5, 0.6) is 0 Å². The first-order chi connectivity index (χ1) is 8.77. The van der Waals surface area contributed by atoms with E-state index in [0.717, 1.165) is 51.7 Å². The fraction of sp³-hybridized carbons (Fsp3) is 0.846. The Morgan fingerprint density at radius 3 is 2.83 bits per heavy atom. The molecule has 18 heavy (non-hydrogen) atoms. The van der Waals surface area contributed by atoms with Gasteiger partial charge in [0.1, 0.15) is 0 Å². The Kier molecular flexibility index (Phi) is 4.99. The van der Waals surface area contributed by atoms with E-state index in [0.29, 0.717) is 13.0 Å². The van der Waals surface area contributed by atoms with Gasteiger partial charge in [0, 0.05) is 32.6 Å². The van der Waals surface area contributed by atoms with Crippen LogP contribution in [-0.4, -0.2) is 48.9 Å². The molecule has 0 aromatic carbocycles.